The second-order valence-electron chi connectivity index (χ2n) is 8.40. The number of ether oxygens (including phenoxy) is 2. The Bertz CT molecular complexity index is 943. The molecular weight excluding hydrogens is 366 g/mol. The monoisotopic (exact) mass is 391 g/mol. The Labute approximate surface area is 170 Å². The molecule has 3 aliphatic rings. The summed E-state index contributed by atoms with van der Waals surface area (Å²) < 4.78 is 11.7. The van der Waals surface area contributed by atoms with Crippen molar-refractivity contribution in [2.45, 2.75) is 38.9 Å². The molecule has 5 rings (SSSR count). The molecule has 2 aromatic rings. The summed E-state index contributed by atoms with van der Waals surface area (Å²) in [5.41, 5.74) is 4.36. The third-order valence-corrected chi connectivity index (χ3v) is 6.20. The predicted octanol–water partition coefficient (Wildman–Crippen LogP) is 3.63. The third-order valence-electron chi connectivity index (χ3n) is 6.20. The van der Waals surface area contributed by atoms with E-state index in [0.717, 1.165) is 61.6 Å². The van der Waals surface area contributed by atoms with Crippen molar-refractivity contribution in [3.8, 4) is 5.75 Å². The molecule has 2 aliphatic heterocycles. The number of rotatable bonds is 4. The molecule has 1 saturated carbocycles. The molecular formula is C23H25N3O3. The number of likely N-dealkylation sites (tertiary alicyclic amines) is 1. The zero-order valence-corrected chi connectivity index (χ0v) is 16.6. The number of carbonyl (C=O) groups excluding carboxylic acids is 1. The molecule has 0 radical (unpaired) electrons. The van der Waals surface area contributed by atoms with Crippen molar-refractivity contribution < 1.29 is 14.3 Å². The molecule has 0 bridgehead atoms. The van der Waals surface area contributed by atoms with Crippen LogP contribution in [0.4, 0.5) is 4.79 Å². The van der Waals surface area contributed by atoms with E-state index in [4.69, 9.17) is 9.47 Å². The fourth-order valence-electron chi connectivity index (χ4n) is 4.68. The van der Waals surface area contributed by atoms with E-state index in [1.165, 1.54) is 5.56 Å². The number of benzene rings is 1. The number of carbonyl (C=O) groups is 1. The van der Waals surface area contributed by atoms with Crippen LogP contribution in [-0.4, -0.2) is 47.4 Å². The smallest absolute Gasteiger partial charge is 0.410 e. The maximum atomic E-state index is 12.2. The highest BCUT2D eigenvalue weighted by Gasteiger charge is 2.55. The molecule has 1 spiro atoms. The molecule has 0 atom stereocenters. The van der Waals surface area contributed by atoms with Crippen molar-refractivity contribution in [1.29, 1.82) is 0 Å². The van der Waals surface area contributed by atoms with Crippen LogP contribution < -0.4 is 4.74 Å². The van der Waals surface area contributed by atoms with Gasteiger partial charge in [-0.15, -0.1) is 0 Å². The van der Waals surface area contributed by atoms with Gasteiger partial charge in [0.15, 0.2) is 0 Å². The zero-order chi connectivity index (χ0) is 19.8. The van der Waals surface area contributed by atoms with Gasteiger partial charge < -0.3 is 14.4 Å². The Morgan fingerprint density at radius 3 is 2.79 bits per heavy atom. The van der Waals surface area contributed by atoms with Crippen LogP contribution in [0, 0.1) is 5.41 Å². The van der Waals surface area contributed by atoms with Crippen molar-refractivity contribution in [3.05, 3.63) is 59.4 Å². The number of fused-ring (bicyclic) bond motifs is 1. The van der Waals surface area contributed by atoms with Crippen LogP contribution in [0.5, 0.6) is 5.75 Å². The van der Waals surface area contributed by atoms with Crippen LogP contribution in [0.2, 0.25) is 0 Å². The second kappa shape index (κ2) is 7.17. The van der Waals surface area contributed by atoms with Crippen molar-refractivity contribution in [1.82, 2.24) is 9.88 Å². The first-order valence-corrected chi connectivity index (χ1v) is 10.2. The van der Waals surface area contributed by atoms with Gasteiger partial charge in [0.2, 0.25) is 0 Å². The Morgan fingerprint density at radius 1 is 1.21 bits per heavy atom. The molecule has 1 aromatic carbocycles. The first kappa shape index (κ1) is 18.2. The van der Waals surface area contributed by atoms with Crippen LogP contribution in [0.3, 0.4) is 0 Å². The van der Waals surface area contributed by atoms with Gasteiger partial charge in [0.25, 0.3) is 0 Å². The van der Waals surface area contributed by atoms with E-state index in [-0.39, 0.29) is 17.6 Å². The lowest BCUT2D eigenvalue weighted by molar-refractivity contribution is -0.110. The Kier molecular flexibility index (Phi) is 4.49. The van der Waals surface area contributed by atoms with Gasteiger partial charge in [0.05, 0.1) is 11.4 Å². The highest BCUT2D eigenvalue weighted by Crippen LogP contribution is 2.50. The molecule has 0 unspecified atom stereocenters. The molecule has 29 heavy (non-hydrogen) atoms. The van der Waals surface area contributed by atoms with Crippen LogP contribution in [-0.2, 0) is 17.8 Å². The second-order valence-corrected chi connectivity index (χ2v) is 8.40. The SMILES string of the molecule is CC1=NCCc2c(OC3CC4(C3)CN(C(=O)OCc3ccccc3)C4)ccnc21. The molecule has 1 aromatic heterocycles. The van der Waals surface area contributed by atoms with E-state index in [0.29, 0.717) is 6.61 Å². The third kappa shape index (κ3) is 3.48. The Hall–Kier alpha value is -2.89. The van der Waals surface area contributed by atoms with Crippen LogP contribution in [0.15, 0.2) is 47.6 Å². The fraction of sp³-hybridized carbons (Fsp3) is 0.435. The van der Waals surface area contributed by atoms with Gasteiger partial charge in [0.1, 0.15) is 18.5 Å². The lowest BCUT2D eigenvalue weighted by atomic mass is 9.62. The van der Waals surface area contributed by atoms with E-state index >= 15 is 0 Å². The minimum absolute atomic E-state index is 0.209. The van der Waals surface area contributed by atoms with Crippen molar-refractivity contribution in [3.63, 3.8) is 0 Å². The topological polar surface area (TPSA) is 64.0 Å². The van der Waals surface area contributed by atoms with Crippen molar-refractivity contribution in [2.75, 3.05) is 19.6 Å². The summed E-state index contributed by atoms with van der Waals surface area (Å²) in [6.45, 7) is 4.66. The summed E-state index contributed by atoms with van der Waals surface area (Å²) in [7, 11) is 0. The summed E-state index contributed by atoms with van der Waals surface area (Å²) in [6.07, 6.45) is 4.65. The minimum atomic E-state index is -0.221. The standard InChI is InChI=1S/C23H25N3O3/c1-16-21-19(7-9-24-16)20(8-10-25-21)29-18-11-23(12-18)14-26(15-23)22(27)28-13-17-5-3-2-4-6-17/h2-6,8,10,18H,7,9,11-15H2,1H3. The van der Waals surface area contributed by atoms with Gasteiger partial charge in [-0.2, -0.15) is 0 Å². The molecule has 150 valence electrons. The van der Waals surface area contributed by atoms with Gasteiger partial charge in [0, 0.05) is 36.8 Å². The molecule has 3 heterocycles. The van der Waals surface area contributed by atoms with Crippen molar-refractivity contribution in [2.24, 2.45) is 10.4 Å². The summed E-state index contributed by atoms with van der Waals surface area (Å²) in [5, 5.41) is 0. The lowest BCUT2D eigenvalue weighted by Crippen LogP contribution is -2.65. The minimum Gasteiger partial charge on any atom is -0.490 e. The first-order chi connectivity index (χ1) is 14.1. The van der Waals surface area contributed by atoms with Gasteiger partial charge in [-0.25, -0.2) is 4.79 Å². The first-order valence-electron chi connectivity index (χ1n) is 10.2. The summed E-state index contributed by atoms with van der Waals surface area (Å²) >= 11 is 0. The number of pyridine rings is 1. The quantitative estimate of drug-likeness (QED) is 0.798. The summed E-state index contributed by atoms with van der Waals surface area (Å²) in [5.74, 6) is 0.947. The molecule has 6 nitrogen and oxygen atoms in total. The van der Waals surface area contributed by atoms with Gasteiger partial charge in [-0.1, -0.05) is 30.3 Å². The van der Waals surface area contributed by atoms with E-state index < -0.39 is 0 Å². The number of aliphatic imine (C=N–C) groups is 1. The lowest BCUT2D eigenvalue weighted by Gasteiger charge is -2.57. The van der Waals surface area contributed by atoms with Gasteiger partial charge in [-0.3, -0.25) is 9.98 Å². The van der Waals surface area contributed by atoms with Crippen molar-refractivity contribution >= 4 is 11.8 Å². The molecule has 1 aliphatic carbocycles. The van der Waals surface area contributed by atoms with Crippen LogP contribution >= 0.6 is 0 Å². The predicted molar refractivity (Wildman–Crippen MR) is 109 cm³/mol. The summed E-state index contributed by atoms with van der Waals surface area (Å²) in [4.78, 5) is 23.0. The zero-order valence-electron chi connectivity index (χ0n) is 16.6. The number of nitrogens with zero attached hydrogens (tertiary/aromatic N) is 3. The maximum Gasteiger partial charge on any atom is 0.410 e. The largest absolute Gasteiger partial charge is 0.490 e. The van der Waals surface area contributed by atoms with E-state index in [2.05, 4.69) is 9.98 Å². The van der Waals surface area contributed by atoms with E-state index in [9.17, 15) is 4.79 Å². The highest BCUT2D eigenvalue weighted by molar-refractivity contribution is 5.99. The average molecular weight is 391 g/mol. The van der Waals surface area contributed by atoms with E-state index in [1.807, 2.05) is 43.3 Å². The molecule has 0 N–H and O–H groups in total. The summed E-state index contributed by atoms with van der Waals surface area (Å²) in [6, 6.07) is 11.7. The molecule has 6 heteroatoms. The van der Waals surface area contributed by atoms with Gasteiger partial charge >= 0.3 is 6.09 Å². The number of amides is 1. The van der Waals surface area contributed by atoms with Gasteiger partial charge in [-0.05, 0) is 37.8 Å². The molecule has 1 amide bonds. The Morgan fingerprint density at radius 2 is 2.00 bits per heavy atom. The van der Waals surface area contributed by atoms with E-state index in [1.54, 1.807) is 11.1 Å². The normalized spacial score (nSPS) is 19.6. The van der Waals surface area contributed by atoms with Crippen LogP contribution in [0.25, 0.3) is 0 Å². The Balaban J connectivity index is 1.11. The molecule has 2 fully saturated rings. The van der Waals surface area contributed by atoms with Crippen LogP contribution in [0.1, 0.15) is 36.6 Å². The highest BCUT2D eigenvalue weighted by atomic mass is 16.6. The number of hydrogen-bond acceptors (Lipinski definition) is 5. The average Bonchev–Trinajstić information content (AvgIpc) is 2.68. The maximum absolute atomic E-state index is 12.2. The fourth-order valence-corrected chi connectivity index (χ4v) is 4.68. The number of hydrogen-bond donors (Lipinski definition) is 0. The molecule has 1 saturated heterocycles. The number of aromatic nitrogens is 1.